The van der Waals surface area contributed by atoms with Crippen LogP contribution in [0.1, 0.15) is 21.5 Å². The number of carbonyl (C=O) groups excluding carboxylic acids is 1. The van der Waals surface area contributed by atoms with Crippen molar-refractivity contribution in [2.24, 2.45) is 0 Å². The molecule has 4 aromatic rings. The molecule has 2 aromatic heterocycles. The van der Waals surface area contributed by atoms with E-state index >= 15 is 0 Å². The Morgan fingerprint density at radius 2 is 1.70 bits per heavy atom. The van der Waals surface area contributed by atoms with Crippen LogP contribution in [0.5, 0.6) is 11.5 Å². The average molecular weight is 446 g/mol. The number of hydrogen-bond donors (Lipinski definition) is 0. The number of halogens is 1. The third kappa shape index (κ3) is 3.63. The quantitative estimate of drug-likeness (QED) is 0.465. The molecule has 0 radical (unpaired) electrons. The van der Waals surface area contributed by atoms with Crippen LogP contribution < -0.4 is 9.47 Å². The van der Waals surface area contributed by atoms with Gasteiger partial charge < -0.3 is 18.9 Å². The van der Waals surface area contributed by atoms with Gasteiger partial charge in [0.15, 0.2) is 17.3 Å². The lowest BCUT2D eigenvalue weighted by atomic mass is 9.98. The van der Waals surface area contributed by atoms with Crippen molar-refractivity contribution in [3.8, 4) is 23.0 Å². The van der Waals surface area contributed by atoms with Crippen molar-refractivity contribution in [1.29, 1.82) is 0 Å². The Morgan fingerprint density at radius 1 is 1.00 bits per heavy atom. The summed E-state index contributed by atoms with van der Waals surface area (Å²) in [6, 6.07) is 14.0. The number of benzene rings is 2. The summed E-state index contributed by atoms with van der Waals surface area (Å²) < 4.78 is 28.7. The Hall–Kier alpha value is -4.07. The smallest absolute Gasteiger partial charge is 0.259 e. The van der Waals surface area contributed by atoms with Crippen molar-refractivity contribution in [1.82, 2.24) is 19.2 Å². The number of methoxy groups -OCH3 is 2. The lowest BCUT2D eigenvalue weighted by molar-refractivity contribution is 0.0734. The predicted octanol–water partition coefficient (Wildman–Crippen LogP) is 4.02. The topological polar surface area (TPSA) is 61.5 Å². The minimum absolute atomic E-state index is 0.165. The molecule has 3 heterocycles. The summed E-state index contributed by atoms with van der Waals surface area (Å²) in [5.41, 5.74) is 2.82. The molecule has 0 spiro atoms. The van der Waals surface area contributed by atoms with Crippen LogP contribution in [0.4, 0.5) is 4.39 Å². The van der Waals surface area contributed by atoms with Crippen molar-refractivity contribution in [2.75, 3.05) is 20.8 Å². The van der Waals surface area contributed by atoms with E-state index in [4.69, 9.17) is 9.47 Å². The number of ether oxygens (including phenoxy) is 2. The van der Waals surface area contributed by atoms with E-state index in [2.05, 4.69) is 5.10 Å². The maximum absolute atomic E-state index is 14.6. The van der Waals surface area contributed by atoms with Crippen molar-refractivity contribution < 1.29 is 18.7 Å². The molecule has 0 N–H and O–H groups in total. The summed E-state index contributed by atoms with van der Waals surface area (Å²) in [6.45, 7) is 0.988. The first kappa shape index (κ1) is 20.8. The van der Waals surface area contributed by atoms with Crippen molar-refractivity contribution in [2.45, 2.75) is 13.0 Å². The SMILES string of the molecule is COc1cc2c(cc1OC)CN(C(=O)c1cnn(-c3ccccc3F)c1-n1cccc1)CC2. The van der Waals surface area contributed by atoms with Crippen molar-refractivity contribution in [3.63, 3.8) is 0 Å². The van der Waals surface area contributed by atoms with Gasteiger partial charge in [-0.2, -0.15) is 5.10 Å². The Kier molecular flexibility index (Phi) is 5.34. The van der Waals surface area contributed by atoms with Crippen LogP contribution in [0.15, 0.2) is 67.1 Å². The second-order valence-corrected chi connectivity index (χ2v) is 7.79. The van der Waals surface area contributed by atoms with Crippen molar-refractivity contribution >= 4 is 5.91 Å². The Bertz CT molecular complexity index is 1310. The first-order chi connectivity index (χ1) is 16.1. The molecule has 0 fully saturated rings. The number of rotatable bonds is 5. The van der Waals surface area contributed by atoms with Gasteiger partial charge in [0.1, 0.15) is 17.1 Å². The summed E-state index contributed by atoms with van der Waals surface area (Å²) in [7, 11) is 3.20. The zero-order valence-corrected chi connectivity index (χ0v) is 18.4. The van der Waals surface area contributed by atoms with E-state index in [1.54, 1.807) is 41.9 Å². The highest BCUT2D eigenvalue weighted by molar-refractivity contribution is 5.97. The van der Waals surface area contributed by atoms with Gasteiger partial charge in [-0.15, -0.1) is 0 Å². The summed E-state index contributed by atoms with van der Waals surface area (Å²) in [6.07, 6.45) is 5.83. The monoisotopic (exact) mass is 446 g/mol. The number of hydrogen-bond acceptors (Lipinski definition) is 4. The van der Waals surface area contributed by atoms with Gasteiger partial charge >= 0.3 is 0 Å². The lowest BCUT2D eigenvalue weighted by Crippen LogP contribution is -2.36. The van der Waals surface area contributed by atoms with Gasteiger partial charge in [-0.05, 0) is 53.9 Å². The Balaban J connectivity index is 1.53. The van der Waals surface area contributed by atoms with Crippen molar-refractivity contribution in [3.05, 3.63) is 89.6 Å². The molecular weight excluding hydrogens is 423 g/mol. The van der Waals surface area contributed by atoms with Crippen LogP contribution in [0.3, 0.4) is 0 Å². The molecule has 33 heavy (non-hydrogen) atoms. The molecular formula is C25H23FN4O3. The largest absolute Gasteiger partial charge is 0.493 e. The minimum atomic E-state index is -0.416. The molecule has 2 aromatic carbocycles. The predicted molar refractivity (Wildman–Crippen MR) is 121 cm³/mol. The summed E-state index contributed by atoms with van der Waals surface area (Å²) in [5.74, 6) is 1.22. The first-order valence-electron chi connectivity index (χ1n) is 10.6. The van der Waals surface area contributed by atoms with E-state index in [-0.39, 0.29) is 11.6 Å². The fraction of sp³-hybridized carbons (Fsp3) is 0.200. The van der Waals surface area contributed by atoms with Gasteiger partial charge in [0.05, 0.1) is 20.4 Å². The van der Waals surface area contributed by atoms with Crippen LogP contribution in [0.25, 0.3) is 11.5 Å². The van der Waals surface area contributed by atoms with Crippen LogP contribution in [0.2, 0.25) is 0 Å². The zero-order chi connectivity index (χ0) is 22.9. The maximum Gasteiger partial charge on any atom is 0.259 e. The third-order valence-electron chi connectivity index (χ3n) is 5.91. The fourth-order valence-electron chi connectivity index (χ4n) is 4.24. The van der Waals surface area contributed by atoms with Crippen LogP contribution >= 0.6 is 0 Å². The molecule has 5 rings (SSSR count). The highest BCUT2D eigenvalue weighted by atomic mass is 19.1. The second kappa shape index (κ2) is 8.46. The summed E-state index contributed by atoms with van der Waals surface area (Å²) in [4.78, 5) is 15.4. The molecule has 0 saturated heterocycles. The molecule has 7 nitrogen and oxygen atoms in total. The standard InChI is InChI=1S/C25H23FN4O3/c1-32-22-13-17-9-12-29(16-18(17)14-23(22)33-2)25(31)19-15-27-30(21-8-4-3-7-20(21)26)24(19)28-10-5-6-11-28/h3-8,10-11,13-15H,9,12,16H2,1-2H3. The lowest BCUT2D eigenvalue weighted by Gasteiger charge is -2.29. The molecule has 0 saturated carbocycles. The highest BCUT2D eigenvalue weighted by Crippen LogP contribution is 2.34. The molecule has 1 aliphatic heterocycles. The normalized spacial score (nSPS) is 13.0. The first-order valence-corrected chi connectivity index (χ1v) is 10.6. The van der Waals surface area contributed by atoms with Crippen LogP contribution in [-0.4, -0.2) is 45.9 Å². The second-order valence-electron chi connectivity index (χ2n) is 7.79. The number of amides is 1. The van der Waals surface area contributed by atoms with Gasteiger partial charge in [0.2, 0.25) is 0 Å². The maximum atomic E-state index is 14.6. The van der Waals surface area contributed by atoms with E-state index < -0.39 is 5.82 Å². The molecule has 0 bridgehead atoms. The van der Waals surface area contributed by atoms with Gasteiger partial charge in [-0.1, -0.05) is 12.1 Å². The fourth-order valence-corrected chi connectivity index (χ4v) is 4.24. The number of nitrogens with zero attached hydrogens (tertiary/aromatic N) is 4. The number of aromatic nitrogens is 3. The molecule has 0 aliphatic carbocycles. The summed E-state index contributed by atoms with van der Waals surface area (Å²) in [5, 5.41) is 4.39. The molecule has 8 heteroatoms. The number of para-hydroxylation sites is 1. The molecule has 0 unspecified atom stereocenters. The zero-order valence-electron chi connectivity index (χ0n) is 18.4. The van der Waals surface area contributed by atoms with Gasteiger partial charge in [0, 0.05) is 25.5 Å². The van der Waals surface area contributed by atoms with Gasteiger partial charge in [0.25, 0.3) is 5.91 Å². The van der Waals surface area contributed by atoms with E-state index in [0.717, 1.165) is 11.1 Å². The Labute approximate surface area is 190 Å². The highest BCUT2D eigenvalue weighted by Gasteiger charge is 2.28. The third-order valence-corrected chi connectivity index (χ3v) is 5.91. The Morgan fingerprint density at radius 3 is 2.39 bits per heavy atom. The molecule has 1 aliphatic rings. The van der Waals surface area contributed by atoms with Crippen LogP contribution in [-0.2, 0) is 13.0 Å². The minimum Gasteiger partial charge on any atom is -0.493 e. The molecule has 168 valence electrons. The molecule has 1 amide bonds. The van der Waals surface area contributed by atoms with E-state index in [0.29, 0.717) is 42.4 Å². The molecule has 0 atom stereocenters. The summed E-state index contributed by atoms with van der Waals surface area (Å²) >= 11 is 0. The van der Waals surface area contributed by atoms with Gasteiger partial charge in [-0.25, -0.2) is 9.07 Å². The van der Waals surface area contributed by atoms with Gasteiger partial charge in [-0.3, -0.25) is 4.79 Å². The van der Waals surface area contributed by atoms with E-state index in [1.807, 2.05) is 36.7 Å². The van der Waals surface area contributed by atoms with E-state index in [1.165, 1.54) is 16.9 Å². The average Bonchev–Trinajstić information content (AvgIpc) is 3.52. The van der Waals surface area contributed by atoms with E-state index in [9.17, 15) is 9.18 Å². The van der Waals surface area contributed by atoms with Crippen LogP contribution in [0, 0.1) is 5.82 Å². The number of carbonyl (C=O) groups is 1. The number of fused-ring (bicyclic) bond motifs is 1.